The molecular formula is C13H11BrO. The van der Waals surface area contributed by atoms with Crippen molar-refractivity contribution in [3.8, 4) is 0 Å². The fourth-order valence-corrected chi connectivity index (χ4v) is 2.15. The normalized spacial score (nSPS) is 11.1. The van der Waals surface area contributed by atoms with Crippen LogP contribution in [-0.2, 0) is 4.74 Å². The summed E-state index contributed by atoms with van der Waals surface area (Å²) in [6.45, 7) is 0. The number of hydrogen-bond donors (Lipinski definition) is 0. The zero-order valence-corrected chi connectivity index (χ0v) is 9.99. The van der Waals surface area contributed by atoms with E-state index in [1.165, 1.54) is 10.8 Å². The number of benzene rings is 2. The Morgan fingerprint density at radius 2 is 1.93 bits per heavy atom. The average Bonchev–Trinajstić information content (AvgIpc) is 2.29. The van der Waals surface area contributed by atoms with Gasteiger partial charge in [0.1, 0.15) is 0 Å². The van der Waals surface area contributed by atoms with Crippen LogP contribution in [0.2, 0.25) is 0 Å². The van der Waals surface area contributed by atoms with Crippen LogP contribution in [0, 0.1) is 0 Å². The van der Waals surface area contributed by atoms with Crippen molar-refractivity contribution >= 4 is 32.8 Å². The minimum atomic E-state index is 1.11. The first-order chi connectivity index (χ1) is 7.33. The number of methoxy groups -OCH3 is 1. The molecule has 0 unspecified atom stereocenters. The van der Waals surface area contributed by atoms with Crippen molar-refractivity contribution in [2.24, 2.45) is 0 Å². The third-order valence-corrected chi connectivity index (χ3v) is 3.16. The second-order valence-electron chi connectivity index (χ2n) is 3.23. The van der Waals surface area contributed by atoms with Gasteiger partial charge in [0.25, 0.3) is 0 Å². The first-order valence-electron chi connectivity index (χ1n) is 4.69. The van der Waals surface area contributed by atoms with Gasteiger partial charge in [-0.25, -0.2) is 0 Å². The maximum atomic E-state index is 4.91. The number of hydrogen-bond acceptors (Lipinski definition) is 1. The van der Waals surface area contributed by atoms with E-state index in [1.54, 1.807) is 13.4 Å². The summed E-state index contributed by atoms with van der Waals surface area (Å²) >= 11 is 3.61. The van der Waals surface area contributed by atoms with E-state index in [9.17, 15) is 0 Å². The lowest BCUT2D eigenvalue weighted by Crippen LogP contribution is -1.79. The highest BCUT2D eigenvalue weighted by molar-refractivity contribution is 9.10. The van der Waals surface area contributed by atoms with Crippen LogP contribution in [0.3, 0.4) is 0 Å². The molecule has 0 fully saturated rings. The maximum Gasteiger partial charge on any atom is 0.0830 e. The lowest BCUT2D eigenvalue weighted by molar-refractivity contribution is 0.341. The first-order valence-corrected chi connectivity index (χ1v) is 5.49. The van der Waals surface area contributed by atoms with Crippen molar-refractivity contribution < 1.29 is 4.74 Å². The third kappa shape index (κ3) is 2.05. The quantitative estimate of drug-likeness (QED) is 0.737. The molecule has 0 N–H and O–H groups in total. The zero-order chi connectivity index (χ0) is 10.7. The van der Waals surface area contributed by atoms with Crippen LogP contribution in [0.1, 0.15) is 5.56 Å². The molecule has 0 radical (unpaired) electrons. The molecule has 0 spiro atoms. The predicted octanol–water partition coefficient (Wildman–Crippen LogP) is 4.22. The Balaban J connectivity index is 2.60. The molecular weight excluding hydrogens is 252 g/mol. The summed E-state index contributed by atoms with van der Waals surface area (Å²) in [4.78, 5) is 0. The molecule has 2 heteroatoms. The van der Waals surface area contributed by atoms with Crippen LogP contribution in [0.4, 0.5) is 0 Å². The van der Waals surface area contributed by atoms with Crippen LogP contribution < -0.4 is 0 Å². The Morgan fingerprint density at radius 3 is 2.73 bits per heavy atom. The van der Waals surface area contributed by atoms with Gasteiger partial charge in [-0.1, -0.05) is 36.4 Å². The second kappa shape index (κ2) is 4.49. The molecule has 2 aromatic rings. The Kier molecular flexibility index (Phi) is 3.07. The van der Waals surface area contributed by atoms with Crippen molar-refractivity contribution in [2.75, 3.05) is 7.11 Å². The molecule has 15 heavy (non-hydrogen) atoms. The fourth-order valence-electron chi connectivity index (χ4n) is 1.52. The SMILES string of the molecule is CO/C=C/c1ccc2ccccc2c1Br. The summed E-state index contributed by atoms with van der Waals surface area (Å²) in [5.74, 6) is 0. The highest BCUT2D eigenvalue weighted by atomic mass is 79.9. The van der Waals surface area contributed by atoms with Crippen LogP contribution in [0.5, 0.6) is 0 Å². The Bertz CT molecular complexity index is 503. The molecule has 0 aromatic heterocycles. The standard InChI is InChI=1S/C13H11BrO/c1-15-9-8-11-7-6-10-4-2-3-5-12(10)13(11)14/h2-9H,1H3/b9-8+. The van der Waals surface area contributed by atoms with Gasteiger partial charge in [0.2, 0.25) is 0 Å². The Hall–Kier alpha value is -1.28. The van der Waals surface area contributed by atoms with Gasteiger partial charge in [0, 0.05) is 4.47 Å². The Morgan fingerprint density at radius 1 is 1.13 bits per heavy atom. The van der Waals surface area contributed by atoms with E-state index >= 15 is 0 Å². The number of fused-ring (bicyclic) bond motifs is 1. The lowest BCUT2D eigenvalue weighted by atomic mass is 10.1. The van der Waals surface area contributed by atoms with Gasteiger partial charge in [-0.2, -0.15) is 0 Å². The molecule has 0 amide bonds. The molecule has 2 aromatic carbocycles. The topological polar surface area (TPSA) is 9.23 Å². The number of ether oxygens (including phenoxy) is 1. The molecule has 0 atom stereocenters. The second-order valence-corrected chi connectivity index (χ2v) is 4.02. The molecule has 0 aliphatic heterocycles. The minimum Gasteiger partial charge on any atom is -0.504 e. The van der Waals surface area contributed by atoms with E-state index < -0.39 is 0 Å². The predicted molar refractivity (Wildman–Crippen MR) is 67.7 cm³/mol. The molecule has 0 bridgehead atoms. The maximum absolute atomic E-state index is 4.91. The van der Waals surface area contributed by atoms with Gasteiger partial charge in [-0.3, -0.25) is 0 Å². The molecule has 0 aliphatic rings. The van der Waals surface area contributed by atoms with E-state index in [0.29, 0.717) is 0 Å². The fraction of sp³-hybridized carbons (Fsp3) is 0.0769. The molecule has 0 heterocycles. The highest BCUT2D eigenvalue weighted by Gasteiger charge is 2.01. The van der Waals surface area contributed by atoms with Gasteiger partial charge in [0.15, 0.2) is 0 Å². The van der Waals surface area contributed by atoms with Crippen molar-refractivity contribution in [3.05, 3.63) is 52.7 Å². The molecule has 1 nitrogen and oxygen atoms in total. The van der Waals surface area contributed by atoms with Crippen molar-refractivity contribution in [3.63, 3.8) is 0 Å². The smallest absolute Gasteiger partial charge is 0.0830 e. The van der Waals surface area contributed by atoms with Gasteiger partial charge in [-0.05, 0) is 38.3 Å². The Labute approximate surface area is 97.5 Å². The largest absolute Gasteiger partial charge is 0.504 e. The van der Waals surface area contributed by atoms with E-state index in [4.69, 9.17) is 4.74 Å². The number of rotatable bonds is 2. The van der Waals surface area contributed by atoms with Gasteiger partial charge in [0.05, 0.1) is 13.4 Å². The summed E-state index contributed by atoms with van der Waals surface area (Å²) in [6, 6.07) is 12.5. The van der Waals surface area contributed by atoms with Crippen LogP contribution in [0.15, 0.2) is 47.1 Å². The van der Waals surface area contributed by atoms with E-state index in [-0.39, 0.29) is 0 Å². The van der Waals surface area contributed by atoms with Crippen LogP contribution in [-0.4, -0.2) is 7.11 Å². The van der Waals surface area contributed by atoms with Crippen LogP contribution >= 0.6 is 15.9 Å². The van der Waals surface area contributed by atoms with E-state index in [1.807, 2.05) is 18.2 Å². The molecule has 0 saturated carbocycles. The molecule has 2 rings (SSSR count). The van der Waals surface area contributed by atoms with Gasteiger partial charge in [-0.15, -0.1) is 0 Å². The van der Waals surface area contributed by atoms with E-state index in [2.05, 4.69) is 40.2 Å². The lowest BCUT2D eigenvalue weighted by Gasteiger charge is -2.03. The number of halogens is 1. The van der Waals surface area contributed by atoms with Crippen molar-refractivity contribution in [2.45, 2.75) is 0 Å². The first kappa shape index (κ1) is 10.2. The van der Waals surface area contributed by atoms with Crippen LogP contribution in [0.25, 0.3) is 16.8 Å². The van der Waals surface area contributed by atoms with Gasteiger partial charge < -0.3 is 4.74 Å². The zero-order valence-electron chi connectivity index (χ0n) is 8.41. The van der Waals surface area contributed by atoms with Crippen molar-refractivity contribution in [1.82, 2.24) is 0 Å². The molecule has 0 aliphatic carbocycles. The summed E-state index contributed by atoms with van der Waals surface area (Å²) in [7, 11) is 1.64. The van der Waals surface area contributed by atoms with E-state index in [0.717, 1.165) is 10.0 Å². The van der Waals surface area contributed by atoms with Crippen molar-refractivity contribution in [1.29, 1.82) is 0 Å². The summed E-state index contributed by atoms with van der Waals surface area (Å²) in [5.41, 5.74) is 1.12. The monoisotopic (exact) mass is 262 g/mol. The molecule has 0 saturated heterocycles. The third-order valence-electron chi connectivity index (χ3n) is 2.28. The highest BCUT2D eigenvalue weighted by Crippen LogP contribution is 2.28. The summed E-state index contributed by atoms with van der Waals surface area (Å²) < 4.78 is 6.02. The summed E-state index contributed by atoms with van der Waals surface area (Å²) in [5, 5.41) is 2.45. The summed E-state index contributed by atoms with van der Waals surface area (Å²) in [6.07, 6.45) is 3.62. The minimum absolute atomic E-state index is 1.11. The average molecular weight is 263 g/mol. The van der Waals surface area contributed by atoms with Gasteiger partial charge >= 0.3 is 0 Å². The molecule has 76 valence electrons.